The van der Waals surface area contributed by atoms with Crippen LogP contribution in [0.5, 0.6) is 0 Å². The Morgan fingerprint density at radius 3 is 3.07 bits per heavy atom. The fraction of sp³-hybridized carbons (Fsp3) is 0.750. The van der Waals surface area contributed by atoms with Crippen LogP contribution in [0.3, 0.4) is 0 Å². The van der Waals surface area contributed by atoms with Crippen molar-refractivity contribution < 1.29 is 9.53 Å². The van der Waals surface area contributed by atoms with Gasteiger partial charge < -0.3 is 9.64 Å². The van der Waals surface area contributed by atoms with Crippen molar-refractivity contribution in [3.8, 4) is 0 Å². The Labute approximate surface area is 86.8 Å². The normalized spacial score (nSPS) is 26.7. The highest BCUT2D eigenvalue weighted by Crippen LogP contribution is 2.13. The Balaban J connectivity index is 2.12. The quantitative estimate of drug-likeness (QED) is 0.673. The molecular formula is C8H13N5O2. The van der Waals surface area contributed by atoms with Crippen molar-refractivity contribution in [2.24, 2.45) is 0 Å². The van der Waals surface area contributed by atoms with E-state index in [1.165, 1.54) is 0 Å². The first-order valence-electron chi connectivity index (χ1n) is 4.84. The van der Waals surface area contributed by atoms with Gasteiger partial charge in [-0.15, -0.1) is 10.2 Å². The van der Waals surface area contributed by atoms with Crippen LogP contribution < -0.4 is 0 Å². The summed E-state index contributed by atoms with van der Waals surface area (Å²) in [6.45, 7) is 4.98. The highest BCUT2D eigenvalue weighted by atomic mass is 16.5. The number of aromatic amines is 1. The summed E-state index contributed by atoms with van der Waals surface area (Å²) in [5.74, 6) is -0.0950. The molecule has 2 rings (SSSR count). The van der Waals surface area contributed by atoms with Crippen molar-refractivity contribution in [3.63, 3.8) is 0 Å². The molecule has 1 aromatic rings. The molecule has 1 fully saturated rings. The van der Waals surface area contributed by atoms with Crippen molar-refractivity contribution in [1.29, 1.82) is 0 Å². The number of aromatic nitrogens is 4. The lowest BCUT2D eigenvalue weighted by Crippen LogP contribution is -2.50. The number of amides is 1. The molecule has 2 heterocycles. The molecule has 1 saturated heterocycles. The Kier molecular flexibility index (Phi) is 2.63. The molecule has 2 atom stereocenters. The van der Waals surface area contributed by atoms with Crippen molar-refractivity contribution >= 4 is 5.91 Å². The maximum Gasteiger partial charge on any atom is 0.295 e. The first kappa shape index (κ1) is 10.0. The molecule has 7 heteroatoms. The van der Waals surface area contributed by atoms with E-state index in [0.29, 0.717) is 13.2 Å². The van der Waals surface area contributed by atoms with Gasteiger partial charge in [0.2, 0.25) is 0 Å². The van der Waals surface area contributed by atoms with E-state index in [1.54, 1.807) is 4.90 Å². The summed E-state index contributed by atoms with van der Waals surface area (Å²) < 4.78 is 5.43. The largest absolute Gasteiger partial charge is 0.375 e. The molecule has 82 valence electrons. The highest BCUT2D eigenvalue weighted by molar-refractivity contribution is 5.90. The molecule has 7 nitrogen and oxygen atoms in total. The molecule has 0 spiro atoms. The zero-order valence-corrected chi connectivity index (χ0v) is 8.67. The number of hydrogen-bond donors (Lipinski definition) is 1. The molecule has 0 saturated carbocycles. The van der Waals surface area contributed by atoms with Crippen molar-refractivity contribution in [3.05, 3.63) is 5.82 Å². The van der Waals surface area contributed by atoms with Gasteiger partial charge in [0.05, 0.1) is 18.8 Å². The first-order chi connectivity index (χ1) is 7.18. The predicted molar refractivity (Wildman–Crippen MR) is 50.1 cm³/mol. The van der Waals surface area contributed by atoms with E-state index in [2.05, 4.69) is 20.6 Å². The van der Waals surface area contributed by atoms with E-state index in [4.69, 9.17) is 4.74 Å². The molecule has 1 amide bonds. The molecule has 1 aliphatic heterocycles. The Morgan fingerprint density at radius 1 is 1.60 bits per heavy atom. The number of H-pyrrole nitrogens is 1. The number of tetrazole rings is 1. The van der Waals surface area contributed by atoms with Gasteiger partial charge in [0, 0.05) is 6.54 Å². The van der Waals surface area contributed by atoms with E-state index in [9.17, 15) is 4.79 Å². The third kappa shape index (κ3) is 1.96. The summed E-state index contributed by atoms with van der Waals surface area (Å²) in [5.41, 5.74) is 0. The lowest BCUT2D eigenvalue weighted by Gasteiger charge is -2.35. The van der Waals surface area contributed by atoms with Gasteiger partial charge in [-0.3, -0.25) is 4.79 Å². The average molecular weight is 211 g/mol. The molecule has 15 heavy (non-hydrogen) atoms. The number of rotatable bonds is 1. The minimum absolute atomic E-state index is 0.0483. The van der Waals surface area contributed by atoms with Crippen LogP contribution in [-0.2, 0) is 4.74 Å². The lowest BCUT2D eigenvalue weighted by molar-refractivity contribution is -0.0391. The monoisotopic (exact) mass is 211 g/mol. The number of carbonyl (C=O) groups is 1. The molecule has 0 aromatic carbocycles. The molecule has 2 unspecified atom stereocenters. The van der Waals surface area contributed by atoms with Crippen molar-refractivity contribution in [1.82, 2.24) is 25.5 Å². The number of morpholine rings is 1. The molecule has 0 aliphatic carbocycles. The second-order valence-corrected chi connectivity index (χ2v) is 3.69. The fourth-order valence-corrected chi connectivity index (χ4v) is 1.57. The van der Waals surface area contributed by atoms with Crippen LogP contribution in [0.15, 0.2) is 0 Å². The predicted octanol–water partition coefficient (Wildman–Crippen LogP) is -0.551. The summed E-state index contributed by atoms with van der Waals surface area (Å²) in [6.07, 6.45) is 0.0528. The van der Waals surface area contributed by atoms with Crippen LogP contribution in [0.2, 0.25) is 0 Å². The van der Waals surface area contributed by atoms with Gasteiger partial charge in [-0.05, 0) is 19.1 Å². The van der Waals surface area contributed by atoms with Crippen LogP contribution in [0, 0.1) is 0 Å². The van der Waals surface area contributed by atoms with Gasteiger partial charge in [0.25, 0.3) is 11.7 Å². The number of ether oxygens (including phenoxy) is 1. The third-order valence-corrected chi connectivity index (χ3v) is 2.41. The van der Waals surface area contributed by atoms with E-state index in [0.717, 1.165) is 0 Å². The summed E-state index contributed by atoms with van der Waals surface area (Å²) in [4.78, 5) is 13.6. The van der Waals surface area contributed by atoms with Crippen LogP contribution in [0.25, 0.3) is 0 Å². The van der Waals surface area contributed by atoms with Crippen LogP contribution in [0.1, 0.15) is 24.5 Å². The van der Waals surface area contributed by atoms with Gasteiger partial charge in [0.15, 0.2) is 0 Å². The summed E-state index contributed by atoms with van der Waals surface area (Å²) >= 11 is 0. The molecule has 1 N–H and O–H groups in total. The van der Waals surface area contributed by atoms with E-state index >= 15 is 0 Å². The van der Waals surface area contributed by atoms with Crippen molar-refractivity contribution in [2.75, 3.05) is 13.2 Å². The summed E-state index contributed by atoms with van der Waals surface area (Å²) in [6, 6.07) is 0.0483. The van der Waals surface area contributed by atoms with Crippen molar-refractivity contribution in [2.45, 2.75) is 26.0 Å². The number of hydrogen-bond acceptors (Lipinski definition) is 5. The summed E-state index contributed by atoms with van der Waals surface area (Å²) in [5, 5.41) is 13.0. The smallest absolute Gasteiger partial charge is 0.295 e. The average Bonchev–Trinajstić information content (AvgIpc) is 2.74. The number of nitrogens with zero attached hydrogens (tertiary/aromatic N) is 4. The second kappa shape index (κ2) is 3.93. The van der Waals surface area contributed by atoms with Crippen LogP contribution >= 0.6 is 0 Å². The lowest BCUT2D eigenvalue weighted by atomic mass is 10.2. The zero-order chi connectivity index (χ0) is 10.8. The molecule has 1 aliphatic rings. The van der Waals surface area contributed by atoms with Crippen LogP contribution in [-0.4, -0.2) is 56.7 Å². The second-order valence-electron chi connectivity index (χ2n) is 3.69. The van der Waals surface area contributed by atoms with E-state index < -0.39 is 0 Å². The topological polar surface area (TPSA) is 84.0 Å². The zero-order valence-electron chi connectivity index (χ0n) is 8.67. The third-order valence-electron chi connectivity index (χ3n) is 2.41. The Hall–Kier alpha value is -1.50. The van der Waals surface area contributed by atoms with Gasteiger partial charge in [-0.1, -0.05) is 0 Å². The first-order valence-corrected chi connectivity index (χ1v) is 4.84. The fourth-order valence-electron chi connectivity index (χ4n) is 1.57. The summed E-state index contributed by atoms with van der Waals surface area (Å²) in [7, 11) is 0. The Morgan fingerprint density at radius 2 is 2.40 bits per heavy atom. The molecule has 0 radical (unpaired) electrons. The number of nitrogens with one attached hydrogen (secondary N) is 1. The maximum absolute atomic E-state index is 11.9. The SMILES string of the molecule is CC1CN(C(=O)c2nn[nH]n2)C(C)CO1. The minimum Gasteiger partial charge on any atom is -0.375 e. The van der Waals surface area contributed by atoms with Gasteiger partial charge >= 0.3 is 0 Å². The van der Waals surface area contributed by atoms with Crippen LogP contribution in [0.4, 0.5) is 0 Å². The molecule has 1 aromatic heterocycles. The van der Waals surface area contributed by atoms with E-state index in [-0.39, 0.29) is 23.9 Å². The molecule has 0 bridgehead atoms. The van der Waals surface area contributed by atoms with Gasteiger partial charge in [-0.25, -0.2) is 0 Å². The van der Waals surface area contributed by atoms with Gasteiger partial charge in [-0.2, -0.15) is 5.21 Å². The highest BCUT2D eigenvalue weighted by Gasteiger charge is 2.30. The molecular weight excluding hydrogens is 198 g/mol. The van der Waals surface area contributed by atoms with Gasteiger partial charge in [0.1, 0.15) is 0 Å². The Bertz CT molecular complexity index is 339. The number of carbonyl (C=O) groups excluding carboxylic acids is 1. The maximum atomic E-state index is 11.9. The van der Waals surface area contributed by atoms with E-state index in [1.807, 2.05) is 13.8 Å². The minimum atomic E-state index is -0.202. The standard InChI is InChI=1S/C8H13N5O2/c1-5-4-15-6(2)3-13(5)8(14)7-9-11-12-10-7/h5-6H,3-4H2,1-2H3,(H,9,10,11,12).